The van der Waals surface area contributed by atoms with E-state index in [1.807, 2.05) is 13.8 Å². The maximum Gasteiger partial charge on any atom is 0.416 e. The highest BCUT2D eigenvalue weighted by Crippen LogP contribution is 2.32. The molecule has 0 bridgehead atoms. The number of carbonyl (C=O) groups excluding carboxylic acids is 1. The number of nitrogens with zero attached hydrogens (tertiary/aromatic N) is 1. The van der Waals surface area contributed by atoms with Crippen molar-refractivity contribution in [3.63, 3.8) is 0 Å². The van der Waals surface area contributed by atoms with Crippen LogP contribution in [0, 0.1) is 5.92 Å². The van der Waals surface area contributed by atoms with Crippen molar-refractivity contribution in [1.82, 2.24) is 14.9 Å². The van der Waals surface area contributed by atoms with Gasteiger partial charge in [-0.3, -0.25) is 14.4 Å². The highest BCUT2D eigenvalue weighted by molar-refractivity contribution is 5.97. The van der Waals surface area contributed by atoms with Gasteiger partial charge in [0.2, 0.25) is 0 Å². The van der Waals surface area contributed by atoms with Crippen LogP contribution in [0.4, 0.5) is 13.2 Å². The number of rotatable bonds is 6. The second-order valence-electron chi connectivity index (χ2n) is 8.01. The smallest absolute Gasteiger partial charge is 0.345 e. The number of aromatic nitrogens is 2. The second-order valence-corrected chi connectivity index (χ2v) is 8.01. The predicted octanol–water partition coefficient (Wildman–Crippen LogP) is 4.25. The Morgan fingerprint density at radius 3 is 2.47 bits per heavy atom. The van der Waals surface area contributed by atoms with E-state index in [1.54, 1.807) is 19.1 Å². The molecule has 0 spiro atoms. The van der Waals surface area contributed by atoms with Crippen molar-refractivity contribution in [3.05, 3.63) is 79.9 Å². The highest BCUT2D eigenvalue weighted by atomic mass is 19.4. The molecule has 3 aromatic rings. The molecule has 6 nitrogen and oxygen atoms in total. The summed E-state index contributed by atoms with van der Waals surface area (Å²) in [6.07, 6.45) is -4.05. The molecule has 2 N–H and O–H groups in total. The number of nitrogens with one attached hydrogen (secondary N) is 2. The fourth-order valence-corrected chi connectivity index (χ4v) is 3.66. The summed E-state index contributed by atoms with van der Waals surface area (Å²) in [4.78, 5) is 39.3. The topological polar surface area (TPSA) is 84.0 Å². The average Bonchev–Trinajstić information content (AvgIpc) is 2.73. The Kier molecular flexibility index (Phi) is 6.57. The summed E-state index contributed by atoms with van der Waals surface area (Å²) in [6.45, 7) is 5.85. The van der Waals surface area contributed by atoms with Gasteiger partial charge in [0, 0.05) is 12.1 Å². The van der Waals surface area contributed by atoms with E-state index in [0.29, 0.717) is 23.0 Å². The van der Waals surface area contributed by atoms with Crippen molar-refractivity contribution in [3.8, 4) is 0 Å². The van der Waals surface area contributed by atoms with E-state index in [2.05, 4.69) is 10.3 Å². The van der Waals surface area contributed by atoms with Crippen LogP contribution in [0.3, 0.4) is 0 Å². The summed E-state index contributed by atoms with van der Waals surface area (Å²) in [7, 11) is 0. The first-order chi connectivity index (χ1) is 15.0. The van der Waals surface area contributed by atoms with Crippen molar-refractivity contribution in [2.24, 2.45) is 5.92 Å². The van der Waals surface area contributed by atoms with E-state index in [4.69, 9.17) is 0 Å². The van der Waals surface area contributed by atoms with Crippen LogP contribution in [0.2, 0.25) is 0 Å². The largest absolute Gasteiger partial charge is 0.416 e. The number of aryl methyl sites for hydroxylation is 1. The maximum absolute atomic E-state index is 13.2. The zero-order valence-corrected chi connectivity index (χ0v) is 17.9. The van der Waals surface area contributed by atoms with Crippen LogP contribution in [0.25, 0.3) is 11.0 Å². The van der Waals surface area contributed by atoms with Gasteiger partial charge in [-0.1, -0.05) is 26.0 Å². The minimum absolute atomic E-state index is 0.113. The Bertz CT molecular complexity index is 1260. The third-order valence-electron chi connectivity index (χ3n) is 5.18. The van der Waals surface area contributed by atoms with Gasteiger partial charge in [0.05, 0.1) is 22.6 Å². The van der Waals surface area contributed by atoms with Crippen molar-refractivity contribution >= 4 is 16.9 Å². The molecule has 0 aliphatic rings. The van der Waals surface area contributed by atoms with Crippen molar-refractivity contribution in [2.75, 3.05) is 0 Å². The van der Waals surface area contributed by atoms with Crippen LogP contribution >= 0.6 is 0 Å². The molecular weight excluding hydrogens is 423 g/mol. The maximum atomic E-state index is 13.2. The molecular formula is C23H24F3N3O3. The Morgan fingerprint density at radius 2 is 1.84 bits per heavy atom. The summed E-state index contributed by atoms with van der Waals surface area (Å²) in [5.74, 6) is -0.383. The third kappa shape index (κ3) is 4.92. The molecule has 0 aliphatic carbocycles. The van der Waals surface area contributed by atoms with E-state index in [0.717, 1.165) is 12.1 Å². The summed E-state index contributed by atoms with van der Waals surface area (Å²) >= 11 is 0. The van der Waals surface area contributed by atoms with Gasteiger partial charge in [0.1, 0.15) is 0 Å². The number of halogens is 3. The van der Waals surface area contributed by atoms with Crippen LogP contribution in [0.5, 0.6) is 0 Å². The van der Waals surface area contributed by atoms with Gasteiger partial charge in [0.15, 0.2) is 0 Å². The zero-order valence-electron chi connectivity index (χ0n) is 17.9. The molecule has 0 aliphatic heterocycles. The summed E-state index contributed by atoms with van der Waals surface area (Å²) in [5.41, 5.74) is -0.879. The third-order valence-corrected chi connectivity index (χ3v) is 5.18. The van der Waals surface area contributed by atoms with Gasteiger partial charge in [-0.15, -0.1) is 0 Å². The number of H-pyrrole nitrogens is 1. The van der Waals surface area contributed by atoms with Crippen LogP contribution < -0.4 is 16.4 Å². The predicted molar refractivity (Wildman–Crippen MR) is 116 cm³/mol. The minimum Gasteiger partial charge on any atom is -0.345 e. The first kappa shape index (κ1) is 23.3. The van der Waals surface area contributed by atoms with E-state index in [9.17, 15) is 27.6 Å². The SMILES string of the molecule is CCn1c(=O)c(=O)[nH]c2cc(C(=O)NC(CC(C)C)c3cccc(C(F)(F)F)c3)ccc21. The summed E-state index contributed by atoms with van der Waals surface area (Å²) in [6, 6.07) is 8.81. The van der Waals surface area contributed by atoms with Crippen molar-refractivity contribution in [1.29, 1.82) is 0 Å². The van der Waals surface area contributed by atoms with Crippen LogP contribution in [0.15, 0.2) is 52.1 Å². The van der Waals surface area contributed by atoms with Gasteiger partial charge in [0.25, 0.3) is 5.91 Å². The molecule has 3 rings (SSSR count). The van der Waals surface area contributed by atoms with Crippen LogP contribution in [-0.2, 0) is 12.7 Å². The Morgan fingerprint density at radius 1 is 1.12 bits per heavy atom. The molecule has 170 valence electrons. The number of hydrogen-bond donors (Lipinski definition) is 2. The van der Waals surface area contributed by atoms with Crippen LogP contribution in [0.1, 0.15) is 54.7 Å². The average molecular weight is 447 g/mol. The fraction of sp³-hybridized carbons (Fsp3) is 0.348. The lowest BCUT2D eigenvalue weighted by atomic mass is 9.95. The molecule has 0 saturated carbocycles. The molecule has 2 aromatic carbocycles. The Labute approximate surface area is 182 Å². The number of alkyl halides is 3. The van der Waals surface area contributed by atoms with Gasteiger partial charge >= 0.3 is 17.3 Å². The lowest BCUT2D eigenvalue weighted by molar-refractivity contribution is -0.137. The molecule has 0 saturated heterocycles. The van der Waals surface area contributed by atoms with E-state index in [1.165, 1.54) is 22.8 Å². The molecule has 1 atom stereocenters. The lowest BCUT2D eigenvalue weighted by Gasteiger charge is -2.22. The molecule has 32 heavy (non-hydrogen) atoms. The first-order valence-electron chi connectivity index (χ1n) is 10.3. The highest BCUT2D eigenvalue weighted by Gasteiger charge is 2.31. The number of hydrogen-bond acceptors (Lipinski definition) is 3. The van der Waals surface area contributed by atoms with Gasteiger partial charge < -0.3 is 14.9 Å². The van der Waals surface area contributed by atoms with Gasteiger partial charge in [-0.25, -0.2) is 0 Å². The number of amides is 1. The molecule has 9 heteroatoms. The van der Waals surface area contributed by atoms with E-state index >= 15 is 0 Å². The second kappa shape index (κ2) is 9.02. The molecule has 1 amide bonds. The zero-order chi connectivity index (χ0) is 23.6. The molecule has 1 heterocycles. The van der Waals surface area contributed by atoms with Crippen molar-refractivity contribution in [2.45, 2.75) is 46.0 Å². The fourth-order valence-electron chi connectivity index (χ4n) is 3.66. The number of carbonyl (C=O) groups is 1. The van der Waals surface area contributed by atoms with Gasteiger partial charge in [-0.2, -0.15) is 13.2 Å². The quantitative estimate of drug-likeness (QED) is 0.555. The van der Waals surface area contributed by atoms with E-state index < -0.39 is 34.8 Å². The first-order valence-corrected chi connectivity index (χ1v) is 10.3. The molecule has 0 fully saturated rings. The Balaban J connectivity index is 1.96. The summed E-state index contributed by atoms with van der Waals surface area (Å²) in [5, 5.41) is 2.81. The molecule has 1 aromatic heterocycles. The number of benzene rings is 2. The number of aromatic amines is 1. The standard InChI is InChI=1S/C23H24F3N3O3/c1-4-29-19-9-8-15(12-18(19)28-21(31)22(29)32)20(30)27-17(10-13(2)3)14-6-5-7-16(11-14)23(24,25)26/h5-9,11-13,17H,4,10H2,1-3H3,(H,27,30)(H,28,31). The molecule has 1 unspecified atom stereocenters. The van der Waals surface area contributed by atoms with Crippen molar-refractivity contribution < 1.29 is 18.0 Å². The monoisotopic (exact) mass is 447 g/mol. The summed E-state index contributed by atoms with van der Waals surface area (Å²) < 4.78 is 40.8. The normalized spacial score (nSPS) is 12.8. The molecule has 0 radical (unpaired) electrons. The lowest BCUT2D eigenvalue weighted by Crippen LogP contribution is -2.36. The van der Waals surface area contributed by atoms with E-state index in [-0.39, 0.29) is 18.0 Å². The van der Waals surface area contributed by atoms with Crippen LogP contribution in [-0.4, -0.2) is 15.5 Å². The number of fused-ring (bicyclic) bond motifs is 1. The van der Waals surface area contributed by atoms with Gasteiger partial charge in [-0.05, 0) is 55.2 Å². The minimum atomic E-state index is -4.48. The Hall–Kier alpha value is -3.36.